The number of benzene rings is 1. The summed E-state index contributed by atoms with van der Waals surface area (Å²) in [7, 11) is 0. The zero-order valence-electron chi connectivity index (χ0n) is 13.4. The van der Waals surface area contributed by atoms with Gasteiger partial charge >= 0.3 is 0 Å². The van der Waals surface area contributed by atoms with E-state index in [-0.39, 0.29) is 0 Å². The summed E-state index contributed by atoms with van der Waals surface area (Å²) in [5, 5.41) is 0. The van der Waals surface area contributed by atoms with E-state index >= 15 is 0 Å². The molecule has 1 nitrogen and oxygen atoms in total. The Bertz CT molecular complexity index is 400. The first-order chi connectivity index (χ1) is 10.2. The number of carbonyl (C=O) groups excluding carboxylic acids is 1. The van der Waals surface area contributed by atoms with Crippen LogP contribution in [0.1, 0.15) is 87.9 Å². The van der Waals surface area contributed by atoms with E-state index in [4.69, 9.17) is 0 Å². The van der Waals surface area contributed by atoms with E-state index in [9.17, 15) is 4.79 Å². The van der Waals surface area contributed by atoms with Gasteiger partial charge in [-0.1, -0.05) is 76.8 Å². The SMILES string of the molecule is CCCCCCCCCCCCC(=O)c1cccc(I)c1. The molecule has 0 radical (unpaired) electrons. The summed E-state index contributed by atoms with van der Waals surface area (Å²) < 4.78 is 1.14. The maximum atomic E-state index is 12.0. The summed E-state index contributed by atoms with van der Waals surface area (Å²) in [4.78, 5) is 12.0. The van der Waals surface area contributed by atoms with Gasteiger partial charge in [-0.3, -0.25) is 4.79 Å². The average molecular weight is 400 g/mol. The van der Waals surface area contributed by atoms with E-state index in [1.54, 1.807) is 0 Å². The van der Waals surface area contributed by atoms with Crippen LogP contribution in [0.25, 0.3) is 0 Å². The van der Waals surface area contributed by atoms with Gasteiger partial charge in [0.25, 0.3) is 0 Å². The second kappa shape index (κ2) is 12.2. The predicted molar refractivity (Wildman–Crippen MR) is 100.0 cm³/mol. The molecule has 0 aliphatic heterocycles. The van der Waals surface area contributed by atoms with E-state index in [0.717, 1.165) is 15.6 Å². The lowest BCUT2D eigenvalue weighted by atomic mass is 10.0. The molecule has 0 aliphatic rings. The van der Waals surface area contributed by atoms with Crippen molar-refractivity contribution in [2.24, 2.45) is 0 Å². The molecule has 0 fully saturated rings. The lowest BCUT2D eigenvalue weighted by Crippen LogP contribution is -1.99. The summed E-state index contributed by atoms with van der Waals surface area (Å²) in [6.45, 7) is 2.26. The number of hydrogen-bond donors (Lipinski definition) is 0. The first kappa shape index (κ1) is 18.7. The highest BCUT2D eigenvalue weighted by atomic mass is 127. The van der Waals surface area contributed by atoms with Crippen LogP contribution in [0, 0.1) is 3.57 Å². The fourth-order valence-corrected chi connectivity index (χ4v) is 3.12. The number of halogens is 1. The maximum absolute atomic E-state index is 12.0. The molecular formula is C19H29IO. The van der Waals surface area contributed by atoms with Crippen LogP contribution in [-0.2, 0) is 0 Å². The molecule has 0 saturated heterocycles. The molecule has 1 aromatic carbocycles. The minimum absolute atomic E-state index is 0.299. The highest BCUT2D eigenvalue weighted by Crippen LogP contribution is 2.14. The van der Waals surface area contributed by atoms with Crippen molar-refractivity contribution >= 4 is 28.4 Å². The molecule has 0 N–H and O–H groups in total. The number of carbonyl (C=O) groups is 1. The Labute approximate surface area is 144 Å². The molecule has 21 heavy (non-hydrogen) atoms. The molecule has 0 spiro atoms. The third-order valence-electron chi connectivity index (χ3n) is 3.90. The van der Waals surface area contributed by atoms with Crippen molar-refractivity contribution in [2.45, 2.75) is 77.6 Å². The molecular weight excluding hydrogens is 371 g/mol. The van der Waals surface area contributed by atoms with Gasteiger partial charge in [0.15, 0.2) is 5.78 Å². The Balaban J connectivity index is 1.98. The molecule has 0 bridgehead atoms. The molecule has 2 heteroatoms. The van der Waals surface area contributed by atoms with Gasteiger partial charge in [-0.2, -0.15) is 0 Å². The monoisotopic (exact) mass is 400 g/mol. The number of unbranched alkanes of at least 4 members (excludes halogenated alkanes) is 9. The van der Waals surface area contributed by atoms with Gasteiger partial charge in [0.2, 0.25) is 0 Å². The highest BCUT2D eigenvalue weighted by molar-refractivity contribution is 14.1. The van der Waals surface area contributed by atoms with Crippen LogP contribution in [0.4, 0.5) is 0 Å². The molecule has 0 saturated carbocycles. The Morgan fingerprint density at radius 2 is 1.48 bits per heavy atom. The lowest BCUT2D eigenvalue weighted by Gasteiger charge is -2.03. The zero-order valence-corrected chi connectivity index (χ0v) is 15.5. The average Bonchev–Trinajstić information content (AvgIpc) is 2.49. The van der Waals surface area contributed by atoms with Gasteiger partial charge < -0.3 is 0 Å². The van der Waals surface area contributed by atoms with Crippen LogP contribution >= 0.6 is 22.6 Å². The van der Waals surface area contributed by atoms with Crippen molar-refractivity contribution in [3.63, 3.8) is 0 Å². The van der Waals surface area contributed by atoms with Crippen molar-refractivity contribution in [1.82, 2.24) is 0 Å². The fraction of sp³-hybridized carbons (Fsp3) is 0.632. The Morgan fingerprint density at radius 1 is 0.905 bits per heavy atom. The molecule has 0 atom stereocenters. The summed E-state index contributed by atoms with van der Waals surface area (Å²) in [5.41, 5.74) is 0.873. The minimum Gasteiger partial charge on any atom is -0.294 e. The highest BCUT2D eigenvalue weighted by Gasteiger charge is 2.05. The topological polar surface area (TPSA) is 17.1 Å². The molecule has 0 unspecified atom stereocenters. The lowest BCUT2D eigenvalue weighted by molar-refractivity contribution is 0.0979. The van der Waals surface area contributed by atoms with E-state index in [1.165, 1.54) is 57.8 Å². The number of rotatable bonds is 12. The number of ketones is 1. The van der Waals surface area contributed by atoms with Crippen molar-refractivity contribution in [1.29, 1.82) is 0 Å². The van der Waals surface area contributed by atoms with Crippen LogP contribution in [-0.4, -0.2) is 5.78 Å². The van der Waals surface area contributed by atoms with E-state index in [1.807, 2.05) is 24.3 Å². The first-order valence-electron chi connectivity index (χ1n) is 8.53. The normalized spacial score (nSPS) is 10.8. The quantitative estimate of drug-likeness (QED) is 0.215. The van der Waals surface area contributed by atoms with E-state index in [2.05, 4.69) is 29.5 Å². The van der Waals surface area contributed by atoms with Gasteiger partial charge in [0, 0.05) is 15.6 Å². The first-order valence-corrected chi connectivity index (χ1v) is 9.60. The third-order valence-corrected chi connectivity index (χ3v) is 4.57. The summed E-state index contributed by atoms with van der Waals surface area (Å²) in [6.07, 6.45) is 13.9. The number of hydrogen-bond acceptors (Lipinski definition) is 1. The van der Waals surface area contributed by atoms with Crippen molar-refractivity contribution < 1.29 is 4.79 Å². The van der Waals surface area contributed by atoms with Crippen LogP contribution in [0.2, 0.25) is 0 Å². The standard InChI is InChI=1S/C19H29IO/c1-2-3-4-5-6-7-8-9-10-11-15-19(21)17-13-12-14-18(20)16-17/h12-14,16H,2-11,15H2,1H3. The van der Waals surface area contributed by atoms with Crippen molar-refractivity contribution in [3.8, 4) is 0 Å². The molecule has 0 aromatic heterocycles. The smallest absolute Gasteiger partial charge is 0.162 e. The maximum Gasteiger partial charge on any atom is 0.162 e. The molecule has 1 aromatic rings. The molecule has 118 valence electrons. The number of Topliss-reactive ketones (excluding diaryl/α,β-unsaturated/α-hetero) is 1. The summed E-state index contributed by atoms with van der Waals surface area (Å²) >= 11 is 2.26. The van der Waals surface area contributed by atoms with Crippen molar-refractivity contribution in [2.75, 3.05) is 0 Å². The van der Waals surface area contributed by atoms with Crippen LogP contribution in [0.5, 0.6) is 0 Å². The third kappa shape index (κ3) is 9.28. The van der Waals surface area contributed by atoms with Crippen molar-refractivity contribution in [3.05, 3.63) is 33.4 Å². The van der Waals surface area contributed by atoms with E-state index in [0.29, 0.717) is 12.2 Å². The Hall–Kier alpha value is -0.380. The van der Waals surface area contributed by atoms with Gasteiger partial charge in [0.1, 0.15) is 0 Å². The summed E-state index contributed by atoms with van der Waals surface area (Å²) in [5.74, 6) is 0.299. The Morgan fingerprint density at radius 3 is 2.05 bits per heavy atom. The van der Waals surface area contributed by atoms with Gasteiger partial charge in [0.05, 0.1) is 0 Å². The molecule has 1 rings (SSSR count). The zero-order chi connectivity index (χ0) is 15.3. The summed E-state index contributed by atoms with van der Waals surface area (Å²) in [6, 6.07) is 7.91. The molecule has 0 aliphatic carbocycles. The molecule has 0 amide bonds. The Kier molecular flexibility index (Phi) is 10.8. The predicted octanol–water partition coefficient (Wildman–Crippen LogP) is 6.78. The minimum atomic E-state index is 0.299. The van der Waals surface area contributed by atoms with Crippen LogP contribution in [0.3, 0.4) is 0 Å². The van der Waals surface area contributed by atoms with Crippen LogP contribution < -0.4 is 0 Å². The van der Waals surface area contributed by atoms with Gasteiger partial charge in [-0.25, -0.2) is 0 Å². The second-order valence-corrected chi connectivity index (χ2v) is 7.11. The molecule has 0 heterocycles. The van der Waals surface area contributed by atoms with Gasteiger partial charge in [-0.15, -0.1) is 0 Å². The van der Waals surface area contributed by atoms with Gasteiger partial charge in [-0.05, 0) is 41.1 Å². The largest absolute Gasteiger partial charge is 0.294 e. The van der Waals surface area contributed by atoms with Crippen LogP contribution in [0.15, 0.2) is 24.3 Å². The second-order valence-electron chi connectivity index (χ2n) is 5.87. The van der Waals surface area contributed by atoms with E-state index < -0.39 is 0 Å². The fourth-order valence-electron chi connectivity index (χ4n) is 2.58.